The lowest BCUT2D eigenvalue weighted by atomic mass is 9.33. The molecule has 0 amide bonds. The highest BCUT2D eigenvalue weighted by Gasteiger charge is 2.46. The van der Waals surface area contributed by atoms with Crippen LogP contribution in [0.3, 0.4) is 0 Å². The Balaban J connectivity index is 0.840. The van der Waals surface area contributed by atoms with Gasteiger partial charge in [0, 0.05) is 56.4 Å². The molecule has 2 aliphatic heterocycles. The molecule has 2 heterocycles. The summed E-state index contributed by atoms with van der Waals surface area (Å²) in [6.07, 6.45) is 0. The van der Waals surface area contributed by atoms with Gasteiger partial charge in [0.05, 0.1) is 17.1 Å². The number of fused-ring (bicyclic) bond motifs is 8. The van der Waals surface area contributed by atoms with Crippen LogP contribution in [0.2, 0.25) is 0 Å². The zero-order valence-corrected chi connectivity index (χ0v) is 66.6. The van der Waals surface area contributed by atoms with Crippen LogP contribution in [0.4, 0.5) is 51.2 Å². The molecule has 0 bridgehead atoms. The van der Waals surface area contributed by atoms with E-state index in [4.69, 9.17) is 0 Å². The molecule has 564 valence electrons. The van der Waals surface area contributed by atoms with Gasteiger partial charge in [-0.2, -0.15) is 0 Å². The molecule has 3 nitrogen and oxygen atoms in total. The van der Waals surface area contributed by atoms with Gasteiger partial charge in [0.15, 0.2) is 0 Å². The van der Waals surface area contributed by atoms with Gasteiger partial charge >= 0.3 is 0 Å². The molecular formula is C118H74BN3. The summed E-state index contributed by atoms with van der Waals surface area (Å²) in [5.41, 5.74) is 31.3. The molecule has 0 unspecified atom stereocenters. The van der Waals surface area contributed by atoms with Crippen molar-refractivity contribution in [2.24, 2.45) is 0 Å². The summed E-state index contributed by atoms with van der Waals surface area (Å²) >= 11 is 0. The first-order chi connectivity index (χ1) is 60.5. The lowest BCUT2D eigenvalue weighted by molar-refractivity contribution is 1.23. The number of para-hydroxylation sites is 2. The van der Waals surface area contributed by atoms with Crippen LogP contribution in [0.25, 0.3) is 175 Å². The number of hydrogen-bond acceptors (Lipinski definition) is 3. The normalized spacial score (nSPS) is 12.4. The maximum Gasteiger partial charge on any atom is 0.252 e. The molecule has 0 radical (unpaired) electrons. The van der Waals surface area contributed by atoms with Crippen LogP contribution in [-0.4, -0.2) is 6.71 Å². The van der Waals surface area contributed by atoms with Gasteiger partial charge in [-0.25, -0.2) is 0 Å². The smallest absolute Gasteiger partial charge is 0.252 e. The Labute approximate surface area is 708 Å². The molecule has 2 aliphatic rings. The number of hydrogen-bond donors (Lipinski definition) is 0. The van der Waals surface area contributed by atoms with E-state index in [1.807, 2.05) is 0 Å². The fourth-order valence-corrected chi connectivity index (χ4v) is 20.9. The van der Waals surface area contributed by atoms with Crippen molar-refractivity contribution in [3.05, 3.63) is 449 Å². The SMILES string of the molecule is c1ccc(-c2ccc(N(c3ccc(-c4ccccc4)cc3)c3cc4c5c(c3)N(c3c(-c6ccccc6)cccc3-c3ccccc3)c3ccc(-c6cc7cccc8c9cccc%10cccc(c(c6)c78)c%109)cc3B5c3cc(-c5cc6cccc7c8cccc9cccc(c(c5)c67)c98)ccc3N4c3c(-c4ccccc4)cccc3-c3ccccc3)cc2)cc1. The van der Waals surface area contributed by atoms with Crippen LogP contribution in [0.15, 0.2) is 449 Å². The highest BCUT2D eigenvalue weighted by atomic mass is 15.2. The van der Waals surface area contributed by atoms with E-state index in [-0.39, 0.29) is 6.71 Å². The van der Waals surface area contributed by atoms with Crippen LogP contribution in [0.5, 0.6) is 0 Å². The zero-order chi connectivity index (χ0) is 80.0. The molecule has 0 saturated heterocycles. The van der Waals surface area contributed by atoms with Crippen LogP contribution >= 0.6 is 0 Å². The molecule has 0 aromatic heterocycles. The summed E-state index contributed by atoms with van der Waals surface area (Å²) < 4.78 is 0. The minimum atomic E-state index is -0.375. The predicted octanol–water partition coefficient (Wildman–Crippen LogP) is 30.7. The Kier molecular flexibility index (Phi) is 15.8. The summed E-state index contributed by atoms with van der Waals surface area (Å²) in [6.45, 7) is -0.375. The fourth-order valence-electron chi connectivity index (χ4n) is 20.9. The summed E-state index contributed by atoms with van der Waals surface area (Å²) in [7, 11) is 0. The lowest BCUT2D eigenvalue weighted by Crippen LogP contribution is -2.61. The molecule has 25 rings (SSSR count). The Morgan fingerprint density at radius 1 is 0.172 bits per heavy atom. The molecule has 0 spiro atoms. The van der Waals surface area contributed by atoms with E-state index in [0.29, 0.717) is 0 Å². The number of benzene rings is 23. The van der Waals surface area contributed by atoms with Gasteiger partial charge in [0.25, 0.3) is 6.71 Å². The van der Waals surface area contributed by atoms with Crippen molar-refractivity contribution >= 4 is 160 Å². The number of anilines is 9. The Hall–Kier alpha value is -15.9. The third-order valence-electron chi connectivity index (χ3n) is 26.2. The Morgan fingerprint density at radius 3 is 0.787 bits per heavy atom. The number of nitrogens with zero attached hydrogens (tertiary/aromatic N) is 3. The van der Waals surface area contributed by atoms with Gasteiger partial charge in [-0.1, -0.05) is 376 Å². The van der Waals surface area contributed by atoms with Gasteiger partial charge in [-0.3, -0.25) is 0 Å². The highest BCUT2D eigenvalue weighted by molar-refractivity contribution is 7.00. The summed E-state index contributed by atoms with van der Waals surface area (Å²) in [5.74, 6) is 0. The molecule has 122 heavy (non-hydrogen) atoms. The zero-order valence-electron chi connectivity index (χ0n) is 66.6. The maximum absolute atomic E-state index is 2.70. The largest absolute Gasteiger partial charge is 0.310 e. The first-order valence-electron chi connectivity index (χ1n) is 42.4. The second-order valence-corrected chi connectivity index (χ2v) is 32.9. The Morgan fingerprint density at radius 2 is 0.451 bits per heavy atom. The average molecular weight is 1540 g/mol. The van der Waals surface area contributed by atoms with Crippen LogP contribution in [0.1, 0.15) is 0 Å². The third kappa shape index (κ3) is 10.9. The van der Waals surface area contributed by atoms with E-state index in [2.05, 4.69) is 464 Å². The number of rotatable bonds is 13. The van der Waals surface area contributed by atoms with Crippen molar-refractivity contribution in [1.82, 2.24) is 0 Å². The van der Waals surface area contributed by atoms with E-state index < -0.39 is 0 Å². The molecule has 0 fully saturated rings. The van der Waals surface area contributed by atoms with Crippen molar-refractivity contribution in [2.75, 3.05) is 14.7 Å². The highest BCUT2D eigenvalue weighted by Crippen LogP contribution is 2.56. The second kappa shape index (κ2) is 27.9. The molecule has 23 aromatic carbocycles. The van der Waals surface area contributed by atoms with Gasteiger partial charge in [-0.15, -0.1) is 0 Å². The molecule has 0 saturated carbocycles. The first kappa shape index (κ1) is 69.3. The van der Waals surface area contributed by atoms with Crippen molar-refractivity contribution in [2.45, 2.75) is 0 Å². The van der Waals surface area contributed by atoms with Crippen molar-refractivity contribution in [3.8, 4) is 89.0 Å². The van der Waals surface area contributed by atoms with Crippen LogP contribution in [-0.2, 0) is 0 Å². The molecule has 0 atom stereocenters. The third-order valence-corrected chi connectivity index (χ3v) is 26.2. The van der Waals surface area contributed by atoms with E-state index in [9.17, 15) is 0 Å². The van der Waals surface area contributed by atoms with Crippen molar-refractivity contribution in [1.29, 1.82) is 0 Å². The van der Waals surface area contributed by atoms with Crippen LogP contribution in [0, 0.1) is 0 Å². The molecular weight excluding hydrogens is 1470 g/mol. The molecule has 23 aromatic rings. The molecule has 0 N–H and O–H groups in total. The van der Waals surface area contributed by atoms with Gasteiger partial charge in [0.1, 0.15) is 0 Å². The predicted molar refractivity (Wildman–Crippen MR) is 521 cm³/mol. The van der Waals surface area contributed by atoms with Gasteiger partial charge in [-0.05, 0) is 242 Å². The summed E-state index contributed by atoms with van der Waals surface area (Å²) in [4.78, 5) is 7.91. The van der Waals surface area contributed by atoms with E-state index in [1.165, 1.54) is 103 Å². The Bertz CT molecular complexity index is 7500. The summed E-state index contributed by atoms with van der Waals surface area (Å²) in [5, 5.41) is 20.3. The summed E-state index contributed by atoms with van der Waals surface area (Å²) in [6, 6.07) is 170. The second-order valence-electron chi connectivity index (χ2n) is 32.9. The van der Waals surface area contributed by atoms with Crippen LogP contribution < -0.4 is 31.1 Å². The van der Waals surface area contributed by atoms with Crippen molar-refractivity contribution < 1.29 is 0 Å². The van der Waals surface area contributed by atoms with E-state index >= 15 is 0 Å². The molecule has 0 aliphatic carbocycles. The fraction of sp³-hybridized carbons (Fsp3) is 0. The van der Waals surface area contributed by atoms with Gasteiger partial charge in [0.2, 0.25) is 0 Å². The van der Waals surface area contributed by atoms with E-state index in [0.717, 1.165) is 140 Å². The minimum Gasteiger partial charge on any atom is -0.310 e. The topological polar surface area (TPSA) is 9.72 Å². The maximum atomic E-state index is 2.70. The van der Waals surface area contributed by atoms with Gasteiger partial charge < -0.3 is 14.7 Å². The quantitative estimate of drug-likeness (QED) is 0.0647. The average Bonchev–Trinajstić information content (AvgIpc) is 0.688. The lowest BCUT2D eigenvalue weighted by Gasteiger charge is -2.46. The standard InChI is InChI=1S/C118H74BN3/c1-7-27-75(28-8-1)77-55-61-91(62-56-77)120(92-63-57-78(58-64-92)76-29-9-2-10-30-76)93-73-110-116-111(74-93)122(118-96(81-35-15-5-16-36-81)47-26-48-97(118)82-37-17-6-18-38-82)109-66-60-86(90-68-88-44-24-52-101-99-50-20-40-84-42-22-54-103(113(84)99)105(70-90)115(88)101)72-107(109)119(116)106-71-85(89-67-87-43-23-51-100-98-49-19-39-83-41-21-53-102(112(83)98)104(69-89)114(87)100)59-65-108(106)121(110)117-94(79-31-11-3-12-32-79)45-25-46-95(117)80-33-13-4-14-34-80/h1-74H. The minimum absolute atomic E-state index is 0.375. The van der Waals surface area contributed by atoms with Crippen molar-refractivity contribution in [3.63, 3.8) is 0 Å². The molecule has 4 heteroatoms. The monoisotopic (exact) mass is 1540 g/mol. The van der Waals surface area contributed by atoms with E-state index in [1.54, 1.807) is 0 Å². The first-order valence-corrected chi connectivity index (χ1v) is 42.4.